The summed E-state index contributed by atoms with van der Waals surface area (Å²) in [6.07, 6.45) is 3.27. The van der Waals surface area contributed by atoms with Gasteiger partial charge in [-0.25, -0.2) is 28.7 Å². The van der Waals surface area contributed by atoms with Gasteiger partial charge in [0.1, 0.15) is 17.2 Å². The molecule has 0 spiro atoms. The molecule has 0 saturated carbocycles. The molecule has 0 radical (unpaired) electrons. The van der Waals surface area contributed by atoms with Gasteiger partial charge in [0.25, 0.3) is 0 Å². The fraction of sp³-hybridized carbons (Fsp3) is 0.0909. The molecule has 5 aromatic rings. The summed E-state index contributed by atoms with van der Waals surface area (Å²) in [4.78, 5) is 21.1. The molecule has 0 saturated heterocycles. The van der Waals surface area contributed by atoms with Gasteiger partial charge in [-0.15, -0.1) is 0 Å². The Bertz CT molecular complexity index is 1360. The van der Waals surface area contributed by atoms with Crippen molar-refractivity contribution in [3.05, 3.63) is 78.4 Å². The van der Waals surface area contributed by atoms with Crippen molar-refractivity contribution in [3.63, 3.8) is 0 Å². The van der Waals surface area contributed by atoms with Crippen LogP contribution in [0.2, 0.25) is 0 Å². The predicted octanol–water partition coefficient (Wildman–Crippen LogP) is 5.02. The van der Waals surface area contributed by atoms with Crippen LogP contribution >= 0.6 is 0 Å². The fourth-order valence-corrected chi connectivity index (χ4v) is 3.47. The largest absolute Gasteiger partial charge is 0.360 e. The highest BCUT2D eigenvalue weighted by atomic mass is 19.1. The summed E-state index contributed by atoms with van der Waals surface area (Å²) in [6.45, 7) is 1.89. The normalized spacial score (nSPS) is 12.4. The van der Waals surface area contributed by atoms with Crippen LogP contribution in [0.5, 0.6) is 0 Å². The number of rotatable bonds is 4. The van der Waals surface area contributed by atoms with E-state index in [0.717, 1.165) is 11.6 Å². The fourth-order valence-electron chi connectivity index (χ4n) is 3.47. The van der Waals surface area contributed by atoms with Gasteiger partial charge in [-0.05, 0) is 37.3 Å². The maximum atomic E-state index is 13.9. The number of pyridine rings is 1. The molecule has 6 nitrogen and oxygen atoms in total. The van der Waals surface area contributed by atoms with Gasteiger partial charge >= 0.3 is 0 Å². The van der Waals surface area contributed by atoms with Crippen molar-refractivity contribution < 1.29 is 8.78 Å². The predicted molar refractivity (Wildman–Crippen MR) is 111 cm³/mol. The molecule has 30 heavy (non-hydrogen) atoms. The third-order valence-electron chi connectivity index (χ3n) is 4.83. The first-order valence-corrected chi connectivity index (χ1v) is 9.36. The summed E-state index contributed by atoms with van der Waals surface area (Å²) in [5.41, 5.74) is 4.14. The van der Waals surface area contributed by atoms with E-state index in [0.29, 0.717) is 39.3 Å². The lowest BCUT2D eigenvalue weighted by Crippen LogP contribution is -2.13. The van der Waals surface area contributed by atoms with Crippen LogP contribution in [0.4, 0.5) is 14.6 Å². The summed E-state index contributed by atoms with van der Waals surface area (Å²) < 4.78 is 27.8. The molecule has 148 valence electrons. The Morgan fingerprint density at radius 3 is 2.43 bits per heavy atom. The molecular formula is C22H16F2N6. The van der Waals surface area contributed by atoms with E-state index >= 15 is 0 Å². The van der Waals surface area contributed by atoms with E-state index in [1.165, 1.54) is 12.1 Å². The van der Waals surface area contributed by atoms with Crippen LogP contribution in [-0.2, 0) is 0 Å². The zero-order valence-electron chi connectivity index (χ0n) is 15.9. The highest BCUT2D eigenvalue weighted by Crippen LogP contribution is 2.31. The highest BCUT2D eigenvalue weighted by molar-refractivity contribution is 5.85. The SMILES string of the molecule is CC(Nc1nccc2[nH]cnc12)c1nc2ccccc2nc1-c1cc(F)cc(F)c1. The number of imidazole rings is 1. The zero-order chi connectivity index (χ0) is 20.7. The van der Waals surface area contributed by atoms with Crippen molar-refractivity contribution in [1.82, 2.24) is 24.9 Å². The molecule has 0 aliphatic carbocycles. The van der Waals surface area contributed by atoms with Crippen molar-refractivity contribution >= 4 is 27.9 Å². The first-order chi connectivity index (χ1) is 14.6. The Kier molecular flexibility index (Phi) is 4.31. The molecule has 2 N–H and O–H groups in total. The van der Waals surface area contributed by atoms with Crippen LogP contribution < -0.4 is 5.32 Å². The van der Waals surface area contributed by atoms with Crippen LogP contribution in [0.25, 0.3) is 33.3 Å². The number of anilines is 1. The number of nitrogens with one attached hydrogen (secondary N) is 2. The third kappa shape index (κ3) is 3.22. The molecule has 3 heterocycles. The monoisotopic (exact) mass is 402 g/mol. The van der Waals surface area contributed by atoms with Gasteiger partial charge in [0, 0.05) is 17.8 Å². The van der Waals surface area contributed by atoms with Gasteiger partial charge in [-0.2, -0.15) is 0 Å². The van der Waals surface area contributed by atoms with E-state index in [-0.39, 0.29) is 6.04 Å². The topological polar surface area (TPSA) is 79.4 Å². The van der Waals surface area contributed by atoms with Gasteiger partial charge in [-0.1, -0.05) is 12.1 Å². The molecule has 0 aliphatic heterocycles. The van der Waals surface area contributed by atoms with Crippen LogP contribution in [0.1, 0.15) is 18.7 Å². The zero-order valence-corrected chi connectivity index (χ0v) is 15.9. The van der Waals surface area contributed by atoms with Crippen molar-refractivity contribution in [3.8, 4) is 11.3 Å². The van der Waals surface area contributed by atoms with Gasteiger partial charge < -0.3 is 10.3 Å². The molecular weight excluding hydrogens is 386 g/mol. The van der Waals surface area contributed by atoms with E-state index in [2.05, 4.69) is 25.3 Å². The summed E-state index contributed by atoms with van der Waals surface area (Å²) >= 11 is 0. The average Bonchev–Trinajstić information content (AvgIpc) is 3.22. The van der Waals surface area contributed by atoms with Crippen LogP contribution in [-0.4, -0.2) is 24.9 Å². The van der Waals surface area contributed by atoms with Crippen molar-refractivity contribution in [1.29, 1.82) is 0 Å². The van der Waals surface area contributed by atoms with Crippen molar-refractivity contribution in [2.24, 2.45) is 0 Å². The number of halogens is 2. The number of hydrogen-bond acceptors (Lipinski definition) is 5. The van der Waals surface area contributed by atoms with E-state index in [1.54, 1.807) is 12.5 Å². The van der Waals surface area contributed by atoms with E-state index < -0.39 is 11.6 Å². The second-order valence-electron chi connectivity index (χ2n) is 6.93. The summed E-state index contributed by atoms with van der Waals surface area (Å²) in [7, 11) is 0. The first-order valence-electron chi connectivity index (χ1n) is 9.36. The molecule has 0 amide bonds. The summed E-state index contributed by atoms with van der Waals surface area (Å²) in [5.74, 6) is -0.767. The number of H-pyrrole nitrogens is 1. The van der Waals surface area contributed by atoms with Gasteiger partial charge in [0.15, 0.2) is 5.82 Å². The summed E-state index contributed by atoms with van der Waals surface area (Å²) in [6, 6.07) is 12.2. The van der Waals surface area contributed by atoms with Crippen LogP contribution in [0.3, 0.4) is 0 Å². The smallest absolute Gasteiger partial charge is 0.154 e. The number of fused-ring (bicyclic) bond motifs is 2. The number of hydrogen-bond donors (Lipinski definition) is 2. The average molecular weight is 402 g/mol. The summed E-state index contributed by atoms with van der Waals surface area (Å²) in [5, 5.41) is 3.31. The lowest BCUT2D eigenvalue weighted by atomic mass is 10.0. The van der Waals surface area contributed by atoms with Crippen molar-refractivity contribution in [2.75, 3.05) is 5.32 Å². The molecule has 8 heteroatoms. The van der Waals surface area contributed by atoms with Crippen LogP contribution in [0.15, 0.2) is 61.1 Å². The quantitative estimate of drug-likeness (QED) is 0.441. The molecule has 0 bridgehead atoms. The minimum Gasteiger partial charge on any atom is -0.360 e. The minimum absolute atomic E-state index is 0.320. The van der Waals surface area contributed by atoms with E-state index in [1.807, 2.05) is 37.3 Å². The number of benzene rings is 2. The minimum atomic E-state index is -0.672. The molecule has 5 rings (SSSR count). The Hall–Kier alpha value is -3.94. The molecule has 1 atom stereocenters. The Morgan fingerprint density at radius 1 is 0.933 bits per heavy atom. The number of aromatic amines is 1. The number of para-hydroxylation sites is 2. The maximum absolute atomic E-state index is 13.9. The first kappa shape index (κ1) is 18.1. The Labute approximate surface area is 170 Å². The lowest BCUT2D eigenvalue weighted by Gasteiger charge is -2.18. The van der Waals surface area contributed by atoms with Gasteiger partial charge in [-0.3, -0.25) is 0 Å². The van der Waals surface area contributed by atoms with E-state index in [4.69, 9.17) is 4.98 Å². The van der Waals surface area contributed by atoms with Crippen LogP contribution in [0, 0.1) is 11.6 Å². The lowest BCUT2D eigenvalue weighted by molar-refractivity contribution is 0.584. The Morgan fingerprint density at radius 2 is 1.67 bits per heavy atom. The highest BCUT2D eigenvalue weighted by Gasteiger charge is 2.19. The number of aromatic nitrogens is 5. The molecule has 1 unspecified atom stereocenters. The maximum Gasteiger partial charge on any atom is 0.154 e. The molecule has 3 aromatic heterocycles. The molecule has 0 aliphatic rings. The second kappa shape index (κ2) is 7.14. The van der Waals surface area contributed by atoms with E-state index in [9.17, 15) is 8.78 Å². The standard InChI is InChI=1S/C22H16F2N6/c1-12(28-22-21-18(6-7-25-22)26-11-27-21)19-20(13-8-14(23)10-15(24)9-13)30-17-5-3-2-4-16(17)29-19/h2-12H,1H3,(H,25,28)(H,26,27). The number of nitrogens with zero attached hydrogens (tertiary/aromatic N) is 4. The Balaban J connectivity index is 1.65. The third-order valence-corrected chi connectivity index (χ3v) is 4.83. The van der Waals surface area contributed by atoms with Crippen molar-refractivity contribution in [2.45, 2.75) is 13.0 Å². The molecule has 2 aromatic carbocycles. The van der Waals surface area contributed by atoms with Gasteiger partial charge in [0.2, 0.25) is 0 Å². The second-order valence-corrected chi connectivity index (χ2v) is 6.93. The molecule has 0 fully saturated rings. The van der Waals surface area contributed by atoms with Gasteiger partial charge in [0.05, 0.1) is 40.3 Å².